The van der Waals surface area contributed by atoms with E-state index in [1.165, 1.54) is 5.69 Å². The monoisotopic (exact) mass is 374 g/mol. The van der Waals surface area contributed by atoms with E-state index in [0.717, 1.165) is 53.5 Å². The molecule has 3 aromatic heterocycles. The second-order valence-corrected chi connectivity index (χ2v) is 6.99. The fourth-order valence-electron chi connectivity index (χ4n) is 2.66. The molecule has 1 aliphatic rings. The first kappa shape index (κ1) is 14.4. The van der Waals surface area contributed by atoms with Crippen molar-refractivity contribution in [2.75, 3.05) is 26.3 Å². The number of aromatic nitrogens is 3. The van der Waals surface area contributed by atoms with Crippen molar-refractivity contribution in [2.24, 2.45) is 0 Å². The number of nitrogens with zero attached hydrogens (tertiary/aromatic N) is 4. The van der Waals surface area contributed by atoms with Crippen LogP contribution in [-0.2, 0) is 11.3 Å². The van der Waals surface area contributed by atoms with Gasteiger partial charge in [0.2, 0.25) is 0 Å². The molecule has 22 heavy (non-hydrogen) atoms. The number of pyridine rings is 1. The molecule has 0 bridgehead atoms. The van der Waals surface area contributed by atoms with Crippen LogP contribution in [0, 0.1) is 0 Å². The predicted octanol–water partition coefficient (Wildman–Crippen LogP) is 1.08. The van der Waals surface area contributed by atoms with Gasteiger partial charge in [-0.25, -0.2) is 0 Å². The van der Waals surface area contributed by atoms with Gasteiger partial charge in [-0.2, -0.15) is 0 Å². The number of fused-ring (bicyclic) bond motifs is 1. The normalized spacial score (nSPS) is 16.4. The second-order valence-electron chi connectivity index (χ2n) is 5.27. The zero-order valence-corrected chi connectivity index (χ0v) is 14.7. The molecule has 5 nitrogen and oxygen atoms in total. The van der Waals surface area contributed by atoms with Gasteiger partial charge in [-0.15, -0.1) is 0 Å². The molecule has 0 aromatic carbocycles. The Hall–Kier alpha value is -1.20. The summed E-state index contributed by atoms with van der Waals surface area (Å²) < 4.78 is 8.57. The van der Waals surface area contributed by atoms with Crippen molar-refractivity contribution in [3.8, 4) is 11.3 Å². The molecule has 3 aromatic rings. The number of ether oxygens (including phenoxy) is 1. The van der Waals surface area contributed by atoms with Crippen LogP contribution >= 0.6 is 11.3 Å². The zero-order chi connectivity index (χ0) is 14.9. The Morgan fingerprint density at radius 1 is 1.32 bits per heavy atom. The number of morpholine rings is 1. The van der Waals surface area contributed by atoms with Crippen LogP contribution in [0.25, 0.3) is 16.2 Å². The van der Waals surface area contributed by atoms with Gasteiger partial charge in [-0.3, -0.25) is 0 Å². The molecule has 1 saturated heterocycles. The van der Waals surface area contributed by atoms with Gasteiger partial charge in [0.25, 0.3) is 0 Å². The van der Waals surface area contributed by atoms with Crippen LogP contribution in [0.4, 0.5) is 0 Å². The number of imidazole rings is 1. The average Bonchev–Trinajstić information content (AvgIpc) is 3.11. The summed E-state index contributed by atoms with van der Waals surface area (Å²) in [5.41, 5.74) is 3.35. The molecule has 0 saturated carbocycles. The number of hydrogen-bond acceptors (Lipinski definition) is 5. The molecule has 1 fully saturated rings. The van der Waals surface area contributed by atoms with Crippen LogP contribution in [0.2, 0.25) is 0 Å². The van der Waals surface area contributed by atoms with E-state index in [0.29, 0.717) is 0 Å². The van der Waals surface area contributed by atoms with Crippen molar-refractivity contribution in [3.05, 3.63) is 35.6 Å². The van der Waals surface area contributed by atoms with Gasteiger partial charge in [0.1, 0.15) is 0 Å². The van der Waals surface area contributed by atoms with Gasteiger partial charge >= 0.3 is 141 Å². The molecule has 7 heteroatoms. The third-order valence-corrected chi connectivity index (χ3v) is 5.47. The molecule has 112 valence electrons. The van der Waals surface area contributed by atoms with E-state index in [1.54, 1.807) is 17.5 Å². The summed E-state index contributed by atoms with van der Waals surface area (Å²) in [6, 6.07) is 4.02. The quantitative estimate of drug-likeness (QED) is 0.644. The topological polar surface area (TPSA) is 42.7 Å². The maximum absolute atomic E-state index is 5.41. The van der Waals surface area contributed by atoms with Gasteiger partial charge in [-0.1, -0.05) is 0 Å². The second kappa shape index (κ2) is 6.12. The first-order valence-corrected chi connectivity index (χ1v) is 9.03. The molecule has 0 N–H and O–H groups in total. The van der Waals surface area contributed by atoms with Gasteiger partial charge in [0.15, 0.2) is 0 Å². The fraction of sp³-hybridized carbons (Fsp3) is 0.333. The molecule has 0 atom stereocenters. The summed E-state index contributed by atoms with van der Waals surface area (Å²) in [4.78, 5) is 12.5. The van der Waals surface area contributed by atoms with E-state index < -0.39 is 0 Å². The van der Waals surface area contributed by atoms with Crippen LogP contribution in [0.15, 0.2) is 29.9 Å². The van der Waals surface area contributed by atoms with E-state index >= 15 is 0 Å². The van der Waals surface area contributed by atoms with E-state index in [1.807, 2.05) is 6.07 Å². The number of hydrogen-bond donors (Lipinski definition) is 0. The maximum atomic E-state index is 5.41. The minimum atomic E-state index is 0.829. The Labute approximate surface area is 141 Å². The predicted molar refractivity (Wildman–Crippen MR) is 87.8 cm³/mol. The molecule has 4 heterocycles. The average molecular weight is 374 g/mol. The van der Waals surface area contributed by atoms with Crippen molar-refractivity contribution in [2.45, 2.75) is 6.54 Å². The molecule has 0 amide bonds. The molecular formula is C15H15AsN4OS. The first-order valence-electron chi connectivity index (χ1n) is 7.21. The van der Waals surface area contributed by atoms with Gasteiger partial charge in [-0.05, 0) is 0 Å². The Balaban J connectivity index is 1.66. The Morgan fingerprint density at radius 2 is 2.18 bits per heavy atom. The van der Waals surface area contributed by atoms with Crippen LogP contribution in [-0.4, -0.2) is 62.4 Å². The van der Waals surface area contributed by atoms with Gasteiger partial charge < -0.3 is 0 Å². The van der Waals surface area contributed by atoms with Crippen molar-refractivity contribution in [1.29, 1.82) is 0 Å². The third-order valence-electron chi connectivity index (χ3n) is 3.84. The molecule has 0 unspecified atom stereocenters. The van der Waals surface area contributed by atoms with Crippen molar-refractivity contribution in [3.63, 3.8) is 0 Å². The van der Waals surface area contributed by atoms with Crippen LogP contribution in [0.5, 0.6) is 0 Å². The molecular weight excluding hydrogens is 359 g/mol. The van der Waals surface area contributed by atoms with E-state index in [9.17, 15) is 0 Å². The van der Waals surface area contributed by atoms with Gasteiger partial charge in [0, 0.05) is 0 Å². The van der Waals surface area contributed by atoms with Crippen molar-refractivity contribution < 1.29 is 4.74 Å². The van der Waals surface area contributed by atoms with Crippen LogP contribution in [0.1, 0.15) is 5.69 Å². The summed E-state index contributed by atoms with van der Waals surface area (Å²) in [6.45, 7) is 4.60. The Morgan fingerprint density at radius 3 is 3.00 bits per heavy atom. The molecule has 0 aliphatic carbocycles. The number of rotatable bonds is 3. The first-order chi connectivity index (χ1) is 10.8. The summed E-state index contributed by atoms with van der Waals surface area (Å²) >= 11 is 4.21. The van der Waals surface area contributed by atoms with Crippen LogP contribution in [0.3, 0.4) is 0 Å². The summed E-state index contributed by atoms with van der Waals surface area (Å²) in [5, 5.41) is 2.20. The van der Waals surface area contributed by atoms with Crippen molar-refractivity contribution in [1.82, 2.24) is 19.3 Å². The summed E-state index contributed by atoms with van der Waals surface area (Å²) in [5.74, 6) is 0. The third kappa shape index (κ3) is 2.72. The van der Waals surface area contributed by atoms with Crippen LogP contribution < -0.4 is 4.48 Å². The number of thiazole rings is 1. The standard InChI is InChI=1S/C15H15AsN4OS/c16-14-12(2-1-3-17-14)13-9-20-11(10-22-15(20)18-13)8-19-4-6-21-7-5-19/h1-3,9-10H,4-8H2. The van der Waals surface area contributed by atoms with E-state index in [2.05, 4.69) is 48.8 Å². The zero-order valence-electron chi connectivity index (χ0n) is 12.0. The fourth-order valence-corrected chi connectivity index (χ4v) is 4.06. The molecule has 2 radical (unpaired) electrons. The summed E-state index contributed by atoms with van der Waals surface area (Å²) in [7, 11) is 0. The van der Waals surface area contributed by atoms with E-state index in [-0.39, 0.29) is 0 Å². The molecule has 0 spiro atoms. The Kier molecular flexibility index (Phi) is 4.01. The minimum absolute atomic E-state index is 0.829. The molecule has 4 rings (SSSR count). The Bertz CT molecular complexity index is 794. The molecule has 1 aliphatic heterocycles. The SMILES string of the molecule is [As]c1ncccc1-c1cn2c(CN3CCOCC3)csc2n1. The van der Waals surface area contributed by atoms with E-state index in [4.69, 9.17) is 9.72 Å². The van der Waals surface area contributed by atoms with Crippen molar-refractivity contribution >= 4 is 37.6 Å². The van der Waals surface area contributed by atoms with Gasteiger partial charge in [0.05, 0.1) is 0 Å². The summed E-state index contributed by atoms with van der Waals surface area (Å²) in [6.07, 6.45) is 3.93.